The van der Waals surface area contributed by atoms with Gasteiger partial charge in [0, 0.05) is 23.4 Å². The van der Waals surface area contributed by atoms with Gasteiger partial charge in [-0.1, -0.05) is 13.0 Å². The molecule has 1 unspecified atom stereocenters. The fourth-order valence-corrected chi connectivity index (χ4v) is 4.58. The monoisotopic (exact) mass is 416 g/mol. The molecular formula is C22H28N2O4S. The number of hydrogen-bond acceptors (Lipinski definition) is 4. The Kier molecular flexibility index (Phi) is 6.92. The Hall–Kier alpha value is -2.38. The molecule has 29 heavy (non-hydrogen) atoms. The van der Waals surface area contributed by atoms with Gasteiger partial charge >= 0.3 is 0 Å². The quantitative estimate of drug-likeness (QED) is 0.670. The van der Waals surface area contributed by atoms with Gasteiger partial charge in [-0.2, -0.15) is 0 Å². The lowest BCUT2D eigenvalue weighted by Gasteiger charge is -2.14. The molecule has 2 N–H and O–H groups in total. The van der Waals surface area contributed by atoms with Crippen molar-refractivity contribution < 1.29 is 17.9 Å². The SMILES string of the molecule is CCC(C)NS(=O)(=O)c1ccc(C(=O)Nc2cccc(OC3CCCC3)c2)cc1. The summed E-state index contributed by atoms with van der Waals surface area (Å²) in [5.74, 6) is 0.439. The number of carbonyl (C=O) groups excluding carboxylic acids is 1. The summed E-state index contributed by atoms with van der Waals surface area (Å²) in [5, 5.41) is 2.84. The van der Waals surface area contributed by atoms with Crippen LogP contribution in [0.1, 0.15) is 56.3 Å². The van der Waals surface area contributed by atoms with E-state index in [1.54, 1.807) is 6.07 Å². The van der Waals surface area contributed by atoms with E-state index in [2.05, 4.69) is 10.0 Å². The second-order valence-electron chi connectivity index (χ2n) is 7.46. The highest BCUT2D eigenvalue weighted by molar-refractivity contribution is 7.89. The fourth-order valence-electron chi connectivity index (χ4n) is 3.25. The minimum atomic E-state index is -3.59. The van der Waals surface area contributed by atoms with Gasteiger partial charge in [0.1, 0.15) is 5.75 Å². The van der Waals surface area contributed by atoms with Gasteiger partial charge < -0.3 is 10.1 Å². The maximum absolute atomic E-state index is 12.5. The Morgan fingerprint density at radius 3 is 2.48 bits per heavy atom. The molecule has 0 radical (unpaired) electrons. The third-order valence-corrected chi connectivity index (χ3v) is 6.70. The van der Waals surface area contributed by atoms with E-state index >= 15 is 0 Å². The van der Waals surface area contributed by atoms with Crippen molar-refractivity contribution in [2.45, 2.75) is 63.0 Å². The molecule has 2 aromatic rings. The standard InChI is InChI=1S/C22H28N2O4S/c1-3-16(2)24-29(26,27)21-13-11-17(12-14-21)22(25)23-18-7-6-10-20(15-18)28-19-8-4-5-9-19/h6-7,10-16,19,24H,3-5,8-9H2,1-2H3,(H,23,25). The summed E-state index contributed by atoms with van der Waals surface area (Å²) in [4.78, 5) is 12.7. The van der Waals surface area contributed by atoms with E-state index in [0.717, 1.165) is 18.6 Å². The van der Waals surface area contributed by atoms with Gasteiger partial charge in [0.15, 0.2) is 0 Å². The number of benzene rings is 2. The summed E-state index contributed by atoms with van der Waals surface area (Å²) in [7, 11) is -3.59. The van der Waals surface area contributed by atoms with Crippen LogP contribution in [0.4, 0.5) is 5.69 Å². The molecule has 0 saturated heterocycles. The maximum atomic E-state index is 12.5. The lowest BCUT2D eigenvalue weighted by atomic mass is 10.2. The van der Waals surface area contributed by atoms with Crippen molar-refractivity contribution in [1.29, 1.82) is 0 Å². The number of anilines is 1. The van der Waals surface area contributed by atoms with E-state index < -0.39 is 10.0 Å². The lowest BCUT2D eigenvalue weighted by molar-refractivity contribution is 0.102. The number of sulfonamides is 1. The van der Waals surface area contributed by atoms with Gasteiger partial charge in [-0.05, 0) is 75.4 Å². The predicted octanol–water partition coefficient (Wildman–Crippen LogP) is 4.34. The van der Waals surface area contributed by atoms with Gasteiger partial charge in [-0.15, -0.1) is 0 Å². The van der Waals surface area contributed by atoms with Crippen molar-refractivity contribution >= 4 is 21.6 Å². The Morgan fingerprint density at radius 1 is 1.14 bits per heavy atom. The van der Waals surface area contributed by atoms with Crippen LogP contribution >= 0.6 is 0 Å². The Morgan fingerprint density at radius 2 is 1.83 bits per heavy atom. The molecule has 1 aliphatic rings. The topological polar surface area (TPSA) is 84.5 Å². The molecule has 0 aromatic heterocycles. The van der Waals surface area contributed by atoms with Crippen molar-refractivity contribution in [2.75, 3.05) is 5.32 Å². The Balaban J connectivity index is 1.65. The van der Waals surface area contributed by atoms with Crippen molar-refractivity contribution in [3.63, 3.8) is 0 Å². The van der Waals surface area contributed by atoms with Gasteiger partial charge in [-0.25, -0.2) is 13.1 Å². The van der Waals surface area contributed by atoms with Crippen molar-refractivity contribution in [1.82, 2.24) is 4.72 Å². The Labute approximate surface area is 172 Å². The Bertz CT molecular complexity index is 936. The summed E-state index contributed by atoms with van der Waals surface area (Å²) in [5.41, 5.74) is 1.02. The zero-order valence-electron chi connectivity index (χ0n) is 16.9. The molecule has 0 heterocycles. The van der Waals surface area contributed by atoms with Crippen LogP contribution in [0.3, 0.4) is 0 Å². The number of hydrogen-bond donors (Lipinski definition) is 2. The second kappa shape index (κ2) is 9.41. The van der Waals surface area contributed by atoms with E-state index in [-0.39, 0.29) is 22.9 Å². The fraction of sp³-hybridized carbons (Fsp3) is 0.409. The largest absolute Gasteiger partial charge is 0.490 e. The lowest BCUT2D eigenvalue weighted by Crippen LogP contribution is -2.32. The van der Waals surface area contributed by atoms with E-state index in [4.69, 9.17) is 4.74 Å². The van der Waals surface area contributed by atoms with Crippen LogP contribution in [0.25, 0.3) is 0 Å². The van der Waals surface area contributed by atoms with Crippen LogP contribution in [-0.2, 0) is 10.0 Å². The van der Waals surface area contributed by atoms with Crippen LogP contribution in [0.5, 0.6) is 5.75 Å². The zero-order chi connectivity index (χ0) is 20.9. The summed E-state index contributed by atoms with van der Waals surface area (Å²) < 4.78 is 33.2. The molecule has 0 aliphatic heterocycles. The molecule has 1 aliphatic carbocycles. The first-order valence-electron chi connectivity index (χ1n) is 10.1. The van der Waals surface area contributed by atoms with Gasteiger partial charge in [0.05, 0.1) is 11.0 Å². The molecule has 0 bridgehead atoms. The third kappa shape index (κ3) is 5.81. The first-order chi connectivity index (χ1) is 13.9. The number of nitrogens with one attached hydrogen (secondary N) is 2. The number of rotatable bonds is 8. The van der Waals surface area contributed by atoms with Gasteiger partial charge in [-0.3, -0.25) is 4.79 Å². The summed E-state index contributed by atoms with van der Waals surface area (Å²) in [6.07, 6.45) is 5.47. The molecule has 3 rings (SSSR count). The van der Waals surface area contributed by atoms with Crippen LogP contribution in [0, 0.1) is 0 Å². The van der Waals surface area contributed by atoms with Crippen LogP contribution in [0.2, 0.25) is 0 Å². The first-order valence-corrected chi connectivity index (χ1v) is 11.6. The summed E-state index contributed by atoms with van der Waals surface area (Å²) in [6.45, 7) is 3.72. The van der Waals surface area contributed by atoms with E-state index in [1.807, 2.05) is 32.0 Å². The number of carbonyl (C=O) groups is 1. The number of amides is 1. The summed E-state index contributed by atoms with van der Waals surface area (Å²) >= 11 is 0. The van der Waals surface area contributed by atoms with Crippen LogP contribution < -0.4 is 14.8 Å². The molecular weight excluding hydrogens is 388 g/mol. The highest BCUT2D eigenvalue weighted by Crippen LogP contribution is 2.26. The average Bonchev–Trinajstić information content (AvgIpc) is 3.21. The predicted molar refractivity (Wildman–Crippen MR) is 114 cm³/mol. The molecule has 1 fully saturated rings. The molecule has 7 heteroatoms. The molecule has 1 amide bonds. The minimum absolute atomic E-state index is 0.140. The summed E-state index contributed by atoms with van der Waals surface area (Å²) in [6, 6.07) is 13.1. The second-order valence-corrected chi connectivity index (χ2v) is 9.18. The smallest absolute Gasteiger partial charge is 0.255 e. The highest BCUT2D eigenvalue weighted by Gasteiger charge is 2.18. The van der Waals surface area contributed by atoms with Crippen molar-refractivity contribution in [2.24, 2.45) is 0 Å². The van der Waals surface area contributed by atoms with E-state index in [1.165, 1.54) is 37.1 Å². The van der Waals surface area contributed by atoms with Crippen molar-refractivity contribution in [3.8, 4) is 5.75 Å². The van der Waals surface area contributed by atoms with Crippen LogP contribution in [-0.4, -0.2) is 26.5 Å². The first kappa shape index (κ1) is 21.3. The molecule has 6 nitrogen and oxygen atoms in total. The minimum Gasteiger partial charge on any atom is -0.490 e. The van der Waals surface area contributed by atoms with E-state index in [0.29, 0.717) is 17.7 Å². The highest BCUT2D eigenvalue weighted by atomic mass is 32.2. The van der Waals surface area contributed by atoms with Crippen LogP contribution in [0.15, 0.2) is 53.4 Å². The maximum Gasteiger partial charge on any atom is 0.255 e. The molecule has 1 saturated carbocycles. The third-order valence-electron chi connectivity index (χ3n) is 5.09. The normalized spacial score (nSPS) is 15.8. The molecule has 1 atom stereocenters. The van der Waals surface area contributed by atoms with Gasteiger partial charge in [0.25, 0.3) is 5.91 Å². The average molecular weight is 417 g/mol. The molecule has 2 aromatic carbocycles. The zero-order valence-corrected chi connectivity index (χ0v) is 17.7. The molecule has 156 valence electrons. The number of ether oxygens (including phenoxy) is 1. The molecule has 0 spiro atoms. The van der Waals surface area contributed by atoms with Crippen molar-refractivity contribution in [3.05, 3.63) is 54.1 Å². The van der Waals surface area contributed by atoms with E-state index in [9.17, 15) is 13.2 Å². The van der Waals surface area contributed by atoms with Gasteiger partial charge in [0.2, 0.25) is 10.0 Å².